The summed E-state index contributed by atoms with van der Waals surface area (Å²) >= 11 is 12.1. The fourth-order valence-electron chi connectivity index (χ4n) is 2.12. The molecule has 0 aromatic heterocycles. The number of aliphatic hydroxyl groups excluding tert-OH is 1. The molecule has 2 N–H and O–H groups in total. The van der Waals surface area contributed by atoms with Crippen LogP contribution in [-0.2, 0) is 17.9 Å². The lowest BCUT2D eigenvalue weighted by Crippen LogP contribution is -2.20. The average molecular weight is 407 g/mol. The van der Waals surface area contributed by atoms with Gasteiger partial charge in [-0.3, -0.25) is 0 Å². The Morgan fingerprint density at radius 3 is 2.56 bits per heavy atom. The van der Waals surface area contributed by atoms with Crippen LogP contribution in [0.15, 0.2) is 42.5 Å². The Morgan fingerprint density at radius 1 is 1.00 bits per heavy atom. The Balaban J connectivity index is 0.00000312. The lowest BCUT2D eigenvalue weighted by atomic mass is 10.2. The first-order valence-corrected chi connectivity index (χ1v) is 8.50. The van der Waals surface area contributed by atoms with Crippen molar-refractivity contribution in [3.63, 3.8) is 0 Å². The first-order valence-electron chi connectivity index (χ1n) is 7.74. The van der Waals surface area contributed by atoms with E-state index in [2.05, 4.69) is 5.32 Å². The monoisotopic (exact) mass is 405 g/mol. The molecule has 2 rings (SSSR count). The molecule has 0 unspecified atom stereocenters. The van der Waals surface area contributed by atoms with Gasteiger partial charge in [0.25, 0.3) is 0 Å². The van der Waals surface area contributed by atoms with E-state index in [9.17, 15) is 0 Å². The molecule has 2 aromatic rings. The molecule has 0 aliphatic rings. The largest absolute Gasteiger partial charge is 0.489 e. The summed E-state index contributed by atoms with van der Waals surface area (Å²) in [4.78, 5) is 0. The highest BCUT2D eigenvalue weighted by Gasteiger charge is 2.06. The van der Waals surface area contributed by atoms with Gasteiger partial charge in [-0.05, 0) is 18.2 Å². The summed E-state index contributed by atoms with van der Waals surface area (Å²) in [6.07, 6.45) is 0. The van der Waals surface area contributed by atoms with E-state index in [4.69, 9.17) is 37.8 Å². The Bertz CT molecular complexity index is 641. The van der Waals surface area contributed by atoms with E-state index in [1.54, 1.807) is 12.1 Å². The maximum Gasteiger partial charge on any atom is 0.124 e. The van der Waals surface area contributed by atoms with Crippen molar-refractivity contribution in [1.82, 2.24) is 5.32 Å². The maximum atomic E-state index is 8.65. The van der Waals surface area contributed by atoms with Crippen molar-refractivity contribution < 1.29 is 14.6 Å². The van der Waals surface area contributed by atoms with Gasteiger partial charge in [0.1, 0.15) is 12.4 Å². The molecule has 7 heteroatoms. The van der Waals surface area contributed by atoms with Crippen LogP contribution in [-0.4, -0.2) is 31.5 Å². The normalized spacial score (nSPS) is 10.4. The van der Waals surface area contributed by atoms with Crippen LogP contribution < -0.4 is 10.1 Å². The quantitative estimate of drug-likeness (QED) is 0.583. The summed E-state index contributed by atoms with van der Waals surface area (Å²) < 4.78 is 11.1. The molecule has 0 saturated carbocycles. The van der Waals surface area contributed by atoms with E-state index < -0.39 is 0 Å². The molecular weight excluding hydrogens is 385 g/mol. The number of nitrogens with one attached hydrogen (secondary N) is 1. The molecule has 0 bridgehead atoms. The van der Waals surface area contributed by atoms with Crippen molar-refractivity contribution in [3.8, 4) is 5.75 Å². The highest BCUT2D eigenvalue weighted by Crippen LogP contribution is 2.24. The minimum atomic E-state index is 0. The fraction of sp³-hybridized carbons (Fsp3) is 0.333. The van der Waals surface area contributed by atoms with Crippen LogP contribution >= 0.6 is 35.6 Å². The number of aliphatic hydroxyl groups is 1. The summed E-state index contributed by atoms with van der Waals surface area (Å²) in [5.41, 5.74) is 1.95. The average Bonchev–Trinajstić information content (AvgIpc) is 2.58. The molecule has 0 aliphatic heterocycles. The first-order chi connectivity index (χ1) is 11.7. The summed E-state index contributed by atoms with van der Waals surface area (Å²) in [5, 5.41) is 13.1. The van der Waals surface area contributed by atoms with Crippen LogP contribution in [0.2, 0.25) is 10.0 Å². The molecule has 0 amide bonds. The molecule has 0 atom stereocenters. The van der Waals surface area contributed by atoms with Gasteiger partial charge in [0.2, 0.25) is 0 Å². The zero-order valence-corrected chi connectivity index (χ0v) is 16.0. The lowest BCUT2D eigenvalue weighted by Gasteiger charge is -2.13. The summed E-state index contributed by atoms with van der Waals surface area (Å²) in [5.74, 6) is 0.812. The number of ether oxygens (including phenoxy) is 2. The number of para-hydroxylation sites is 1. The predicted molar refractivity (Wildman–Crippen MR) is 104 cm³/mol. The molecule has 25 heavy (non-hydrogen) atoms. The maximum absolute atomic E-state index is 8.65. The Labute approximate surface area is 164 Å². The van der Waals surface area contributed by atoms with Gasteiger partial charge in [-0.15, -0.1) is 12.4 Å². The molecule has 0 fully saturated rings. The van der Waals surface area contributed by atoms with E-state index >= 15 is 0 Å². The zero-order chi connectivity index (χ0) is 17.2. The second-order valence-corrected chi connectivity index (χ2v) is 5.99. The molecule has 2 aromatic carbocycles. The van der Waals surface area contributed by atoms with Gasteiger partial charge < -0.3 is 19.9 Å². The van der Waals surface area contributed by atoms with Crippen LogP contribution in [0.4, 0.5) is 0 Å². The van der Waals surface area contributed by atoms with Gasteiger partial charge >= 0.3 is 0 Å². The topological polar surface area (TPSA) is 50.7 Å². The van der Waals surface area contributed by atoms with Crippen LogP contribution in [0.3, 0.4) is 0 Å². The minimum absolute atomic E-state index is 0. The molecule has 0 heterocycles. The van der Waals surface area contributed by atoms with Crippen molar-refractivity contribution in [2.24, 2.45) is 0 Å². The molecule has 138 valence electrons. The van der Waals surface area contributed by atoms with Gasteiger partial charge in [-0.25, -0.2) is 0 Å². The standard InChI is InChI=1S/C18H21Cl2NO3.ClH/c19-16-6-5-15(17(20)11-16)13-24-18-4-2-1-3-14(18)12-21-7-9-23-10-8-22;/h1-6,11,21-22H,7-10,12-13H2;1H. The molecule has 0 spiro atoms. The third kappa shape index (κ3) is 7.82. The number of halogens is 3. The Kier molecular flexibility index (Phi) is 10.9. The molecular formula is C18H22Cl3NO3. The third-order valence-corrected chi connectivity index (χ3v) is 3.93. The zero-order valence-electron chi connectivity index (χ0n) is 13.7. The van der Waals surface area contributed by atoms with E-state index in [1.165, 1.54) is 0 Å². The second kappa shape index (κ2) is 12.4. The first kappa shape index (κ1) is 22.0. The van der Waals surface area contributed by atoms with Crippen molar-refractivity contribution in [2.45, 2.75) is 13.2 Å². The highest BCUT2D eigenvalue weighted by atomic mass is 35.5. The van der Waals surface area contributed by atoms with E-state index in [0.717, 1.165) is 16.9 Å². The van der Waals surface area contributed by atoms with Crippen LogP contribution in [0.25, 0.3) is 0 Å². The van der Waals surface area contributed by atoms with Crippen molar-refractivity contribution in [1.29, 1.82) is 0 Å². The fourth-order valence-corrected chi connectivity index (χ4v) is 2.58. The van der Waals surface area contributed by atoms with Crippen LogP contribution in [0.1, 0.15) is 11.1 Å². The van der Waals surface area contributed by atoms with Crippen molar-refractivity contribution >= 4 is 35.6 Å². The van der Waals surface area contributed by atoms with E-state index in [0.29, 0.717) is 43.0 Å². The van der Waals surface area contributed by atoms with Crippen LogP contribution in [0.5, 0.6) is 5.75 Å². The summed E-state index contributed by atoms with van der Waals surface area (Å²) in [6, 6.07) is 13.2. The van der Waals surface area contributed by atoms with Gasteiger partial charge in [-0.1, -0.05) is 47.5 Å². The van der Waals surface area contributed by atoms with Gasteiger partial charge in [0.15, 0.2) is 0 Å². The number of hydrogen-bond acceptors (Lipinski definition) is 4. The second-order valence-electron chi connectivity index (χ2n) is 5.14. The van der Waals surface area contributed by atoms with Crippen LogP contribution in [0, 0.1) is 0 Å². The SMILES string of the molecule is Cl.OCCOCCNCc1ccccc1OCc1ccc(Cl)cc1Cl. The Morgan fingerprint density at radius 2 is 1.80 bits per heavy atom. The highest BCUT2D eigenvalue weighted by molar-refractivity contribution is 6.35. The molecule has 0 aliphatic carbocycles. The van der Waals surface area contributed by atoms with E-state index in [-0.39, 0.29) is 19.0 Å². The molecule has 0 saturated heterocycles. The smallest absolute Gasteiger partial charge is 0.124 e. The minimum Gasteiger partial charge on any atom is -0.489 e. The van der Waals surface area contributed by atoms with Gasteiger partial charge in [0, 0.05) is 34.3 Å². The number of rotatable bonds is 10. The van der Waals surface area contributed by atoms with Gasteiger partial charge in [-0.2, -0.15) is 0 Å². The number of benzene rings is 2. The lowest BCUT2D eigenvalue weighted by molar-refractivity contribution is 0.0937. The Hall–Kier alpha value is -1.01. The summed E-state index contributed by atoms with van der Waals surface area (Å²) in [6.45, 7) is 2.73. The third-order valence-electron chi connectivity index (χ3n) is 3.35. The molecule has 0 radical (unpaired) electrons. The molecule has 4 nitrogen and oxygen atoms in total. The van der Waals surface area contributed by atoms with Crippen molar-refractivity contribution in [2.75, 3.05) is 26.4 Å². The summed E-state index contributed by atoms with van der Waals surface area (Å²) in [7, 11) is 0. The van der Waals surface area contributed by atoms with Gasteiger partial charge in [0.05, 0.1) is 19.8 Å². The number of hydrogen-bond donors (Lipinski definition) is 2. The van der Waals surface area contributed by atoms with Crippen molar-refractivity contribution in [3.05, 3.63) is 63.6 Å². The predicted octanol–water partition coefficient (Wildman–Crippen LogP) is 4.09. The van der Waals surface area contributed by atoms with E-state index in [1.807, 2.05) is 30.3 Å².